The Balaban J connectivity index is 2.56. The number of rotatable bonds is 0. The highest BCUT2D eigenvalue weighted by Gasteiger charge is 2.15. The third kappa shape index (κ3) is 0.919. The number of nitrogens with zero attached hydrogens (tertiary/aromatic N) is 1. The largest absolute Gasteiger partial charge is 0.409 e. The van der Waals surface area contributed by atoms with Gasteiger partial charge in [-0.05, 0) is 0 Å². The van der Waals surface area contributed by atoms with Crippen molar-refractivity contribution in [3.8, 4) is 0 Å². The molecule has 4 nitrogen and oxygen atoms in total. The molecule has 0 saturated carbocycles. The first-order valence-electron chi connectivity index (χ1n) is 1.97. The number of nitrogens with one attached hydrogen (secondary N) is 1. The topological polar surface area (TPSA) is 61.7 Å². The molecule has 0 atom stereocenters. The molecule has 8 heavy (non-hydrogen) atoms. The maximum absolute atomic E-state index is 10.3. The molecule has 1 heterocycles. The fraction of sp³-hybridized carbons (Fsp3) is 0.333. The summed E-state index contributed by atoms with van der Waals surface area (Å²) >= 11 is 1.19. The molecule has 2 N–H and O–H groups in total. The molecule has 1 amide bonds. The van der Waals surface area contributed by atoms with Gasteiger partial charge in [-0.2, -0.15) is 0 Å². The van der Waals surface area contributed by atoms with Crippen molar-refractivity contribution in [2.75, 3.05) is 5.75 Å². The second kappa shape index (κ2) is 2.04. The summed E-state index contributed by atoms with van der Waals surface area (Å²) in [7, 11) is 0. The fourth-order valence-corrected chi connectivity index (χ4v) is 0.963. The van der Waals surface area contributed by atoms with Crippen molar-refractivity contribution in [1.29, 1.82) is 0 Å². The number of oxime groups is 1. The van der Waals surface area contributed by atoms with Gasteiger partial charge >= 0.3 is 0 Å². The van der Waals surface area contributed by atoms with Gasteiger partial charge in [-0.25, -0.2) is 0 Å². The minimum atomic E-state index is -0.109. The minimum Gasteiger partial charge on any atom is -0.409 e. The van der Waals surface area contributed by atoms with Crippen molar-refractivity contribution >= 4 is 22.8 Å². The Morgan fingerprint density at radius 2 is 2.62 bits per heavy atom. The molecule has 0 aromatic heterocycles. The molecular formula is C3H4N2O2S. The van der Waals surface area contributed by atoms with Crippen LogP contribution in [0, 0.1) is 0 Å². The average molecular weight is 132 g/mol. The number of carbonyl (C=O) groups excluding carboxylic acids is 1. The normalized spacial score (nSPS) is 24.0. The predicted molar refractivity (Wildman–Crippen MR) is 29.8 cm³/mol. The number of amidine groups is 1. The summed E-state index contributed by atoms with van der Waals surface area (Å²) < 4.78 is 0. The lowest BCUT2D eigenvalue weighted by molar-refractivity contribution is -0.116. The van der Waals surface area contributed by atoms with E-state index in [0.29, 0.717) is 5.75 Å². The van der Waals surface area contributed by atoms with Gasteiger partial charge in [0, 0.05) is 0 Å². The summed E-state index contributed by atoms with van der Waals surface area (Å²) in [5, 5.41) is 13.4. The zero-order valence-corrected chi connectivity index (χ0v) is 4.73. The highest BCUT2D eigenvalue weighted by molar-refractivity contribution is 8.15. The number of hydrogen-bond donors (Lipinski definition) is 2. The van der Waals surface area contributed by atoms with E-state index in [1.54, 1.807) is 0 Å². The molecule has 0 unspecified atom stereocenters. The smallest absolute Gasteiger partial charge is 0.236 e. The lowest BCUT2D eigenvalue weighted by Crippen LogP contribution is -2.19. The highest BCUT2D eigenvalue weighted by Crippen LogP contribution is 2.06. The maximum atomic E-state index is 10.3. The minimum absolute atomic E-state index is 0.109. The molecule has 44 valence electrons. The summed E-state index contributed by atoms with van der Waals surface area (Å²) in [4.78, 5) is 10.3. The van der Waals surface area contributed by atoms with E-state index in [9.17, 15) is 4.79 Å². The Hall–Kier alpha value is -0.710. The molecule has 0 radical (unpaired) electrons. The van der Waals surface area contributed by atoms with Crippen LogP contribution in [0.2, 0.25) is 0 Å². The second-order valence-corrected chi connectivity index (χ2v) is 2.21. The van der Waals surface area contributed by atoms with Crippen LogP contribution in [-0.2, 0) is 4.79 Å². The van der Waals surface area contributed by atoms with Crippen molar-refractivity contribution in [3.05, 3.63) is 0 Å². The van der Waals surface area contributed by atoms with Crippen LogP contribution in [0.15, 0.2) is 5.16 Å². The summed E-state index contributed by atoms with van der Waals surface area (Å²) in [5.41, 5.74) is 0. The molecule has 1 aliphatic heterocycles. The summed E-state index contributed by atoms with van der Waals surface area (Å²) in [6.45, 7) is 0. The molecule has 0 aromatic rings. The zero-order valence-electron chi connectivity index (χ0n) is 3.92. The van der Waals surface area contributed by atoms with Crippen molar-refractivity contribution in [3.63, 3.8) is 0 Å². The van der Waals surface area contributed by atoms with Gasteiger partial charge in [0.25, 0.3) is 0 Å². The van der Waals surface area contributed by atoms with E-state index >= 15 is 0 Å². The second-order valence-electron chi connectivity index (χ2n) is 1.24. The van der Waals surface area contributed by atoms with E-state index in [1.807, 2.05) is 0 Å². The number of carbonyl (C=O) groups is 1. The van der Waals surface area contributed by atoms with Gasteiger partial charge in [0.05, 0.1) is 5.75 Å². The van der Waals surface area contributed by atoms with Crippen molar-refractivity contribution < 1.29 is 10.0 Å². The van der Waals surface area contributed by atoms with Gasteiger partial charge < -0.3 is 10.5 Å². The van der Waals surface area contributed by atoms with Gasteiger partial charge in [-0.3, -0.25) is 4.79 Å². The van der Waals surface area contributed by atoms with E-state index in [4.69, 9.17) is 5.21 Å². The molecule has 1 saturated heterocycles. The standard InChI is InChI=1S/C3H4N2O2S/c6-2-1-8-3(4-2)5-7/h7H,1H2,(H,4,5,6). The molecule has 1 aliphatic rings. The van der Waals surface area contributed by atoms with Crippen molar-refractivity contribution in [2.24, 2.45) is 5.16 Å². The van der Waals surface area contributed by atoms with Crippen LogP contribution < -0.4 is 5.32 Å². The Labute approximate surface area is 49.9 Å². The Morgan fingerprint density at radius 1 is 1.88 bits per heavy atom. The SMILES string of the molecule is O=C1CS/C(=N/O)N1. The van der Waals surface area contributed by atoms with Crippen LogP contribution in [0.25, 0.3) is 0 Å². The predicted octanol–water partition coefficient (Wildman–Crippen LogP) is -0.405. The molecule has 0 aromatic carbocycles. The van der Waals surface area contributed by atoms with Crippen LogP contribution in [0.4, 0.5) is 0 Å². The van der Waals surface area contributed by atoms with Crippen LogP contribution in [0.3, 0.4) is 0 Å². The van der Waals surface area contributed by atoms with E-state index in [-0.39, 0.29) is 11.1 Å². The highest BCUT2D eigenvalue weighted by atomic mass is 32.2. The number of amides is 1. The van der Waals surface area contributed by atoms with Crippen LogP contribution in [-0.4, -0.2) is 22.0 Å². The van der Waals surface area contributed by atoms with Crippen LogP contribution in [0.5, 0.6) is 0 Å². The summed E-state index contributed by atoms with van der Waals surface area (Å²) in [5.74, 6) is 0.252. The first-order valence-corrected chi connectivity index (χ1v) is 2.96. The average Bonchev–Trinajstić information content (AvgIpc) is 2.14. The fourth-order valence-electron chi connectivity index (χ4n) is 0.379. The van der Waals surface area contributed by atoms with E-state index in [2.05, 4.69) is 10.5 Å². The monoisotopic (exact) mass is 132 g/mol. The lowest BCUT2D eigenvalue weighted by atomic mass is 10.7. The van der Waals surface area contributed by atoms with Gasteiger partial charge in [0.15, 0.2) is 0 Å². The number of hydrogen-bond acceptors (Lipinski definition) is 4. The summed E-state index contributed by atoms with van der Waals surface area (Å²) in [6.07, 6.45) is 0. The van der Waals surface area contributed by atoms with Gasteiger partial charge in [0.2, 0.25) is 11.1 Å². The molecular weight excluding hydrogens is 128 g/mol. The third-order valence-electron chi connectivity index (χ3n) is 0.677. The van der Waals surface area contributed by atoms with Crippen molar-refractivity contribution in [2.45, 2.75) is 0 Å². The molecule has 5 heteroatoms. The quantitative estimate of drug-likeness (QED) is 0.348. The van der Waals surface area contributed by atoms with Gasteiger partial charge in [-0.15, -0.1) is 0 Å². The maximum Gasteiger partial charge on any atom is 0.236 e. The Morgan fingerprint density at radius 3 is 2.88 bits per heavy atom. The summed E-state index contributed by atoms with van der Waals surface area (Å²) in [6, 6.07) is 0. The van der Waals surface area contributed by atoms with Gasteiger partial charge in [-0.1, -0.05) is 16.9 Å². The molecule has 0 aliphatic carbocycles. The van der Waals surface area contributed by atoms with Crippen molar-refractivity contribution in [1.82, 2.24) is 5.32 Å². The van der Waals surface area contributed by atoms with E-state index < -0.39 is 0 Å². The zero-order chi connectivity index (χ0) is 5.98. The van der Waals surface area contributed by atoms with E-state index in [0.717, 1.165) is 0 Å². The Kier molecular flexibility index (Phi) is 1.38. The Bertz CT molecular complexity index is 144. The number of thioether (sulfide) groups is 1. The molecule has 1 rings (SSSR count). The van der Waals surface area contributed by atoms with E-state index in [1.165, 1.54) is 11.8 Å². The first kappa shape index (κ1) is 5.43. The molecule has 1 fully saturated rings. The molecule has 0 spiro atoms. The van der Waals surface area contributed by atoms with Crippen LogP contribution in [0.1, 0.15) is 0 Å². The van der Waals surface area contributed by atoms with Gasteiger partial charge in [0.1, 0.15) is 0 Å². The first-order chi connectivity index (χ1) is 3.83. The van der Waals surface area contributed by atoms with Crippen LogP contribution >= 0.6 is 11.8 Å². The third-order valence-corrected chi connectivity index (χ3v) is 1.54. The lowest BCUT2D eigenvalue weighted by Gasteiger charge is -1.84. The molecule has 0 bridgehead atoms.